The summed E-state index contributed by atoms with van der Waals surface area (Å²) in [6.07, 6.45) is 0. The Morgan fingerprint density at radius 3 is 2.22 bits per heavy atom. The van der Waals surface area contributed by atoms with Crippen molar-refractivity contribution < 1.29 is 15.0 Å². The minimum atomic E-state index is -1.13. The Kier molecular flexibility index (Phi) is 3.93. The lowest BCUT2D eigenvalue weighted by Crippen LogP contribution is -1.96. The number of carboxylic acids is 1. The van der Waals surface area contributed by atoms with Gasteiger partial charge in [0.15, 0.2) is 0 Å². The number of aromatic hydroxyl groups is 1. The zero-order chi connectivity index (χ0) is 13.1. The SMILES string of the molecule is O=C(O)c1ccc(Sc2ccc(Br)cc2)cc1O. The minimum Gasteiger partial charge on any atom is -0.507 e. The molecule has 0 amide bonds. The molecule has 0 unspecified atom stereocenters. The molecule has 0 heterocycles. The van der Waals surface area contributed by atoms with Crippen molar-refractivity contribution >= 4 is 33.7 Å². The molecule has 0 bridgehead atoms. The lowest BCUT2D eigenvalue weighted by molar-refractivity contribution is 0.0693. The fourth-order valence-corrected chi connectivity index (χ4v) is 2.51. The highest BCUT2D eigenvalue weighted by Crippen LogP contribution is 2.32. The first-order valence-corrected chi connectivity index (χ1v) is 6.67. The number of hydrogen-bond donors (Lipinski definition) is 2. The summed E-state index contributed by atoms with van der Waals surface area (Å²) >= 11 is 4.81. The van der Waals surface area contributed by atoms with Gasteiger partial charge in [-0.3, -0.25) is 0 Å². The molecule has 2 rings (SSSR count). The molecule has 92 valence electrons. The molecule has 0 aromatic heterocycles. The van der Waals surface area contributed by atoms with E-state index in [9.17, 15) is 9.90 Å². The van der Waals surface area contributed by atoms with Crippen LogP contribution in [0.2, 0.25) is 0 Å². The number of aromatic carboxylic acids is 1. The molecular weight excluding hydrogens is 316 g/mol. The summed E-state index contributed by atoms with van der Waals surface area (Å²) < 4.78 is 0.996. The molecule has 3 nitrogen and oxygen atoms in total. The average molecular weight is 325 g/mol. The summed E-state index contributed by atoms with van der Waals surface area (Å²) in [6, 6.07) is 12.3. The summed E-state index contributed by atoms with van der Waals surface area (Å²) in [7, 11) is 0. The van der Waals surface area contributed by atoms with E-state index in [1.807, 2.05) is 24.3 Å². The second-order valence-electron chi connectivity index (χ2n) is 3.54. The third-order valence-corrected chi connectivity index (χ3v) is 3.78. The zero-order valence-corrected chi connectivity index (χ0v) is 11.5. The van der Waals surface area contributed by atoms with E-state index in [2.05, 4.69) is 15.9 Å². The van der Waals surface area contributed by atoms with Gasteiger partial charge in [-0.05, 0) is 42.5 Å². The van der Waals surface area contributed by atoms with Crippen molar-refractivity contribution in [2.24, 2.45) is 0 Å². The Bertz CT molecular complexity index is 581. The highest BCUT2D eigenvalue weighted by molar-refractivity contribution is 9.10. The Balaban J connectivity index is 2.22. The van der Waals surface area contributed by atoms with Crippen molar-refractivity contribution in [1.82, 2.24) is 0 Å². The van der Waals surface area contributed by atoms with E-state index in [1.165, 1.54) is 23.9 Å². The van der Waals surface area contributed by atoms with Crippen LogP contribution in [0.5, 0.6) is 5.75 Å². The third kappa shape index (κ3) is 3.05. The first-order valence-electron chi connectivity index (χ1n) is 5.06. The minimum absolute atomic E-state index is 0.0878. The van der Waals surface area contributed by atoms with Crippen LogP contribution in [-0.4, -0.2) is 16.2 Å². The van der Waals surface area contributed by atoms with E-state index < -0.39 is 5.97 Å². The van der Waals surface area contributed by atoms with Crippen LogP contribution < -0.4 is 0 Å². The number of rotatable bonds is 3. The number of benzene rings is 2. The van der Waals surface area contributed by atoms with Crippen molar-refractivity contribution in [3.8, 4) is 5.75 Å². The van der Waals surface area contributed by atoms with E-state index in [-0.39, 0.29) is 11.3 Å². The molecule has 0 aliphatic heterocycles. The van der Waals surface area contributed by atoms with Crippen LogP contribution in [0, 0.1) is 0 Å². The van der Waals surface area contributed by atoms with Crippen molar-refractivity contribution in [3.05, 3.63) is 52.5 Å². The van der Waals surface area contributed by atoms with E-state index in [1.54, 1.807) is 6.07 Å². The fourth-order valence-electron chi connectivity index (χ4n) is 1.39. The average Bonchev–Trinajstić information content (AvgIpc) is 2.32. The number of carbonyl (C=O) groups is 1. The van der Waals surface area contributed by atoms with Crippen LogP contribution in [0.4, 0.5) is 0 Å². The molecule has 0 radical (unpaired) electrons. The van der Waals surface area contributed by atoms with Gasteiger partial charge in [-0.15, -0.1) is 0 Å². The second kappa shape index (κ2) is 5.46. The van der Waals surface area contributed by atoms with Crippen LogP contribution in [0.15, 0.2) is 56.7 Å². The predicted octanol–water partition coefficient (Wildman–Crippen LogP) is 4.00. The first kappa shape index (κ1) is 13.0. The van der Waals surface area contributed by atoms with Gasteiger partial charge in [0.2, 0.25) is 0 Å². The van der Waals surface area contributed by atoms with Crippen LogP contribution in [0.1, 0.15) is 10.4 Å². The molecule has 0 aliphatic rings. The van der Waals surface area contributed by atoms with Crippen molar-refractivity contribution in [3.63, 3.8) is 0 Å². The maximum Gasteiger partial charge on any atom is 0.339 e. The maximum absolute atomic E-state index is 10.8. The molecule has 0 atom stereocenters. The molecule has 0 saturated heterocycles. The molecule has 18 heavy (non-hydrogen) atoms. The van der Waals surface area contributed by atoms with E-state index in [0.29, 0.717) is 0 Å². The summed E-state index contributed by atoms with van der Waals surface area (Å²) in [4.78, 5) is 12.6. The monoisotopic (exact) mass is 324 g/mol. The summed E-state index contributed by atoms with van der Waals surface area (Å²) in [5.41, 5.74) is -0.0878. The second-order valence-corrected chi connectivity index (χ2v) is 5.60. The lowest BCUT2D eigenvalue weighted by atomic mass is 10.2. The Hall–Kier alpha value is -1.46. The lowest BCUT2D eigenvalue weighted by Gasteiger charge is -2.04. The van der Waals surface area contributed by atoms with Crippen LogP contribution >= 0.6 is 27.7 Å². The van der Waals surface area contributed by atoms with Gasteiger partial charge in [0, 0.05) is 14.3 Å². The first-order chi connectivity index (χ1) is 8.56. The molecule has 0 spiro atoms. The van der Waals surface area contributed by atoms with Gasteiger partial charge in [-0.1, -0.05) is 27.7 Å². The maximum atomic E-state index is 10.8. The molecule has 0 fully saturated rings. The number of halogens is 1. The summed E-state index contributed by atoms with van der Waals surface area (Å²) in [5.74, 6) is -1.35. The fraction of sp³-hybridized carbons (Fsp3) is 0. The molecule has 2 aromatic carbocycles. The normalized spacial score (nSPS) is 10.3. The smallest absolute Gasteiger partial charge is 0.339 e. The van der Waals surface area contributed by atoms with Gasteiger partial charge < -0.3 is 10.2 Å². The zero-order valence-electron chi connectivity index (χ0n) is 9.13. The molecule has 2 aromatic rings. The van der Waals surface area contributed by atoms with E-state index in [4.69, 9.17) is 5.11 Å². The summed E-state index contributed by atoms with van der Waals surface area (Å²) in [6.45, 7) is 0. The largest absolute Gasteiger partial charge is 0.507 e. The highest BCUT2D eigenvalue weighted by atomic mass is 79.9. The van der Waals surface area contributed by atoms with Crippen molar-refractivity contribution in [2.45, 2.75) is 9.79 Å². The van der Waals surface area contributed by atoms with Gasteiger partial charge in [0.25, 0.3) is 0 Å². The van der Waals surface area contributed by atoms with Crippen LogP contribution in [-0.2, 0) is 0 Å². The molecule has 2 N–H and O–H groups in total. The van der Waals surface area contributed by atoms with Crippen molar-refractivity contribution in [1.29, 1.82) is 0 Å². The molecule has 5 heteroatoms. The molecule has 0 saturated carbocycles. The predicted molar refractivity (Wildman–Crippen MR) is 73.3 cm³/mol. The number of carboxylic acid groups (broad SMARTS) is 1. The van der Waals surface area contributed by atoms with Gasteiger partial charge in [-0.2, -0.15) is 0 Å². The summed E-state index contributed by atoms with van der Waals surface area (Å²) in [5, 5.41) is 18.4. The van der Waals surface area contributed by atoms with Crippen molar-refractivity contribution in [2.75, 3.05) is 0 Å². The van der Waals surface area contributed by atoms with E-state index in [0.717, 1.165) is 14.3 Å². The Morgan fingerprint density at radius 1 is 1.06 bits per heavy atom. The van der Waals surface area contributed by atoms with Gasteiger partial charge >= 0.3 is 5.97 Å². The third-order valence-electron chi connectivity index (χ3n) is 2.25. The topological polar surface area (TPSA) is 57.5 Å². The quantitative estimate of drug-likeness (QED) is 0.895. The van der Waals surface area contributed by atoms with Gasteiger partial charge in [0.05, 0.1) is 0 Å². The molecular formula is C13H9BrO3S. The Labute approximate surface area is 117 Å². The van der Waals surface area contributed by atoms with Gasteiger partial charge in [0.1, 0.15) is 11.3 Å². The number of hydrogen-bond acceptors (Lipinski definition) is 3. The van der Waals surface area contributed by atoms with E-state index >= 15 is 0 Å². The van der Waals surface area contributed by atoms with Crippen LogP contribution in [0.25, 0.3) is 0 Å². The Morgan fingerprint density at radius 2 is 1.67 bits per heavy atom. The standard InChI is InChI=1S/C13H9BrO3S/c14-8-1-3-9(4-2-8)18-10-5-6-11(13(16)17)12(15)7-10/h1-7,15H,(H,16,17). The van der Waals surface area contributed by atoms with Crippen LogP contribution in [0.3, 0.4) is 0 Å². The highest BCUT2D eigenvalue weighted by Gasteiger charge is 2.10. The molecule has 0 aliphatic carbocycles. The van der Waals surface area contributed by atoms with Gasteiger partial charge in [-0.25, -0.2) is 4.79 Å². The number of phenols is 1.